The molecule has 1 saturated carbocycles. The molecular weight excluding hydrogens is 306 g/mol. The molecule has 0 radical (unpaired) electrons. The summed E-state index contributed by atoms with van der Waals surface area (Å²) < 4.78 is 31.8. The fourth-order valence-electron chi connectivity index (χ4n) is 3.02. The number of piperazine rings is 1. The quantitative estimate of drug-likeness (QED) is 0.819. The second-order valence-electron chi connectivity index (χ2n) is 6.20. The molecule has 1 amide bonds. The molecule has 122 valence electrons. The van der Waals surface area contributed by atoms with Gasteiger partial charge in [-0.25, -0.2) is 8.42 Å². The molecule has 2 fully saturated rings. The number of carbonyl (C=O) groups excluding carboxylic acids is 1. The van der Waals surface area contributed by atoms with Crippen molar-refractivity contribution in [3.63, 3.8) is 0 Å². The fourth-order valence-corrected chi connectivity index (χ4v) is 4.73. The molecule has 1 aliphatic carbocycles. The molecule has 0 N–H and O–H groups in total. The van der Waals surface area contributed by atoms with Gasteiger partial charge in [0.2, 0.25) is 15.9 Å². The van der Waals surface area contributed by atoms with E-state index in [0.717, 1.165) is 6.42 Å². The lowest BCUT2D eigenvalue weighted by molar-refractivity contribution is -0.134. The summed E-state index contributed by atoms with van der Waals surface area (Å²) in [6, 6.07) is 0. The van der Waals surface area contributed by atoms with Gasteiger partial charge in [0.15, 0.2) is 5.76 Å². The Morgan fingerprint density at radius 2 is 1.82 bits per heavy atom. The van der Waals surface area contributed by atoms with Gasteiger partial charge in [0.1, 0.15) is 10.6 Å². The van der Waals surface area contributed by atoms with Gasteiger partial charge in [-0.2, -0.15) is 4.31 Å². The molecule has 3 rings (SSSR count). The van der Waals surface area contributed by atoms with E-state index in [-0.39, 0.29) is 16.7 Å². The molecule has 0 bridgehead atoms. The first kappa shape index (κ1) is 15.5. The number of nitrogens with zero attached hydrogens (tertiary/aromatic N) is 3. The lowest BCUT2D eigenvalue weighted by Crippen LogP contribution is -2.51. The van der Waals surface area contributed by atoms with Crippen LogP contribution in [0.25, 0.3) is 0 Å². The highest BCUT2D eigenvalue weighted by Gasteiger charge is 2.43. The number of rotatable bonds is 3. The minimum Gasteiger partial charge on any atom is -0.360 e. The van der Waals surface area contributed by atoms with E-state index in [2.05, 4.69) is 12.1 Å². The summed E-state index contributed by atoms with van der Waals surface area (Å²) in [7, 11) is -3.61. The smallest absolute Gasteiger partial charge is 0.248 e. The first-order valence-electron chi connectivity index (χ1n) is 7.54. The van der Waals surface area contributed by atoms with Gasteiger partial charge in [0.05, 0.1) is 0 Å². The zero-order valence-corrected chi connectivity index (χ0v) is 13.9. The standard InChI is InChI=1S/C14H21N3O4S/c1-9-8-12(9)14(18)16-4-6-17(7-5-16)22(19,20)13-10(2)15-21-11(13)3/h9,12H,4-8H2,1-3H3. The van der Waals surface area contributed by atoms with Crippen molar-refractivity contribution in [2.24, 2.45) is 11.8 Å². The molecule has 22 heavy (non-hydrogen) atoms. The van der Waals surface area contributed by atoms with Gasteiger partial charge in [-0.05, 0) is 26.2 Å². The van der Waals surface area contributed by atoms with Gasteiger partial charge < -0.3 is 9.42 Å². The van der Waals surface area contributed by atoms with E-state index in [0.29, 0.717) is 43.6 Å². The van der Waals surface area contributed by atoms with Crippen molar-refractivity contribution in [3.05, 3.63) is 11.5 Å². The Morgan fingerprint density at radius 1 is 1.23 bits per heavy atom. The van der Waals surface area contributed by atoms with Crippen LogP contribution in [-0.4, -0.2) is 54.9 Å². The number of aryl methyl sites for hydroxylation is 2. The van der Waals surface area contributed by atoms with Crippen LogP contribution in [0.15, 0.2) is 9.42 Å². The van der Waals surface area contributed by atoms with Crippen LogP contribution in [0.2, 0.25) is 0 Å². The molecule has 7 nitrogen and oxygen atoms in total. The van der Waals surface area contributed by atoms with Crippen molar-refractivity contribution in [1.29, 1.82) is 0 Å². The zero-order chi connectivity index (χ0) is 16.1. The van der Waals surface area contributed by atoms with Crippen LogP contribution in [0.4, 0.5) is 0 Å². The average molecular weight is 327 g/mol. The molecule has 0 spiro atoms. The summed E-state index contributed by atoms with van der Waals surface area (Å²) in [6.45, 7) is 6.83. The molecule has 8 heteroatoms. The van der Waals surface area contributed by atoms with E-state index < -0.39 is 10.0 Å². The third kappa shape index (κ3) is 2.54. The van der Waals surface area contributed by atoms with Crippen LogP contribution in [0.5, 0.6) is 0 Å². The topological polar surface area (TPSA) is 83.7 Å². The van der Waals surface area contributed by atoms with Crippen molar-refractivity contribution in [3.8, 4) is 0 Å². The van der Waals surface area contributed by atoms with Crippen LogP contribution < -0.4 is 0 Å². The monoisotopic (exact) mass is 327 g/mol. The SMILES string of the molecule is Cc1noc(C)c1S(=O)(=O)N1CCN(C(=O)C2CC2C)CC1. The van der Waals surface area contributed by atoms with Gasteiger partial charge in [-0.1, -0.05) is 12.1 Å². The summed E-state index contributed by atoms with van der Waals surface area (Å²) >= 11 is 0. The van der Waals surface area contributed by atoms with Gasteiger partial charge in [0.25, 0.3) is 0 Å². The van der Waals surface area contributed by atoms with Crippen molar-refractivity contribution < 1.29 is 17.7 Å². The highest BCUT2D eigenvalue weighted by Crippen LogP contribution is 2.39. The van der Waals surface area contributed by atoms with E-state index in [1.54, 1.807) is 18.7 Å². The van der Waals surface area contributed by atoms with Crippen molar-refractivity contribution in [2.75, 3.05) is 26.2 Å². The maximum absolute atomic E-state index is 12.7. The fraction of sp³-hybridized carbons (Fsp3) is 0.714. The Hall–Kier alpha value is -1.41. The molecule has 0 aromatic carbocycles. The Kier molecular flexibility index (Phi) is 3.76. The summed E-state index contributed by atoms with van der Waals surface area (Å²) in [5.41, 5.74) is 0.378. The lowest BCUT2D eigenvalue weighted by Gasteiger charge is -2.34. The second-order valence-corrected chi connectivity index (χ2v) is 8.08. The van der Waals surface area contributed by atoms with E-state index in [9.17, 15) is 13.2 Å². The van der Waals surface area contributed by atoms with E-state index in [1.165, 1.54) is 4.31 Å². The summed E-state index contributed by atoms with van der Waals surface area (Å²) in [5, 5.41) is 3.71. The Morgan fingerprint density at radius 3 is 2.27 bits per heavy atom. The molecular formula is C14H21N3O4S. The largest absolute Gasteiger partial charge is 0.360 e. The highest BCUT2D eigenvalue weighted by molar-refractivity contribution is 7.89. The minimum atomic E-state index is -3.61. The van der Waals surface area contributed by atoms with Crippen LogP contribution in [0.3, 0.4) is 0 Å². The van der Waals surface area contributed by atoms with Crippen molar-refractivity contribution >= 4 is 15.9 Å². The number of aromatic nitrogens is 1. The molecule has 1 aromatic heterocycles. The molecule has 2 aliphatic rings. The zero-order valence-electron chi connectivity index (χ0n) is 13.1. The summed E-state index contributed by atoms with van der Waals surface area (Å²) in [6.07, 6.45) is 0.955. The molecule has 2 unspecified atom stereocenters. The number of carbonyl (C=O) groups is 1. The van der Waals surface area contributed by atoms with Gasteiger partial charge >= 0.3 is 0 Å². The third-order valence-corrected chi connectivity index (χ3v) is 6.69. The van der Waals surface area contributed by atoms with Crippen LogP contribution in [-0.2, 0) is 14.8 Å². The molecule has 2 heterocycles. The number of hydrogen-bond acceptors (Lipinski definition) is 5. The van der Waals surface area contributed by atoms with Crippen LogP contribution >= 0.6 is 0 Å². The third-order valence-electron chi connectivity index (χ3n) is 4.54. The van der Waals surface area contributed by atoms with Crippen molar-refractivity contribution in [2.45, 2.75) is 32.1 Å². The number of amides is 1. The minimum absolute atomic E-state index is 0.144. The summed E-state index contributed by atoms with van der Waals surface area (Å²) in [5.74, 6) is 1.09. The van der Waals surface area contributed by atoms with E-state index >= 15 is 0 Å². The predicted molar refractivity (Wildman–Crippen MR) is 78.6 cm³/mol. The summed E-state index contributed by atoms with van der Waals surface area (Å²) in [4.78, 5) is 14.1. The molecule has 1 aromatic rings. The normalized spacial score (nSPS) is 26.2. The molecule has 1 saturated heterocycles. The predicted octanol–water partition coefficient (Wildman–Crippen LogP) is 0.780. The van der Waals surface area contributed by atoms with E-state index in [1.807, 2.05) is 0 Å². The lowest BCUT2D eigenvalue weighted by atomic mass is 10.2. The highest BCUT2D eigenvalue weighted by atomic mass is 32.2. The average Bonchev–Trinajstić information content (AvgIpc) is 3.11. The second kappa shape index (κ2) is 5.34. The Labute approximate surface area is 130 Å². The Balaban J connectivity index is 1.70. The maximum atomic E-state index is 12.7. The molecule has 1 aliphatic heterocycles. The van der Waals surface area contributed by atoms with Gasteiger partial charge in [-0.15, -0.1) is 0 Å². The Bertz CT molecular complexity index is 669. The number of sulfonamides is 1. The number of hydrogen-bond donors (Lipinski definition) is 0. The van der Waals surface area contributed by atoms with Crippen LogP contribution in [0, 0.1) is 25.7 Å². The molecule has 2 atom stereocenters. The first-order valence-corrected chi connectivity index (χ1v) is 8.98. The first-order chi connectivity index (χ1) is 10.3. The van der Waals surface area contributed by atoms with Crippen LogP contribution in [0.1, 0.15) is 24.8 Å². The maximum Gasteiger partial charge on any atom is 0.248 e. The van der Waals surface area contributed by atoms with Gasteiger partial charge in [-0.3, -0.25) is 4.79 Å². The van der Waals surface area contributed by atoms with E-state index in [4.69, 9.17) is 4.52 Å². The van der Waals surface area contributed by atoms with Crippen molar-refractivity contribution in [1.82, 2.24) is 14.4 Å². The van der Waals surface area contributed by atoms with Gasteiger partial charge in [0, 0.05) is 32.1 Å².